The summed E-state index contributed by atoms with van der Waals surface area (Å²) < 4.78 is 5.57. The third kappa shape index (κ3) is 4.72. The highest BCUT2D eigenvalue weighted by Gasteiger charge is 2.11. The van der Waals surface area contributed by atoms with Gasteiger partial charge in [0, 0.05) is 30.7 Å². The lowest BCUT2D eigenvalue weighted by atomic mass is 10.2. The molecule has 3 aromatic heterocycles. The molecular formula is C22H22N6O2. The van der Waals surface area contributed by atoms with E-state index < -0.39 is 0 Å². The standard InChI is InChI=1S/C22H22N6O2/c1-14-7-8-23-19(11-14)28-21-13-20(26-15(2)27-21)24-9-10-25-22(29)18-12-16-5-3-4-6-17(16)30-18/h3-8,11-13H,9-10H2,1-2H3,(H,25,29)(H2,23,24,26,27,28). The Labute approximate surface area is 173 Å². The third-order valence-corrected chi connectivity index (χ3v) is 4.38. The second-order valence-electron chi connectivity index (χ2n) is 6.86. The van der Waals surface area contributed by atoms with Gasteiger partial charge in [-0.2, -0.15) is 0 Å². The Morgan fingerprint density at radius 3 is 2.63 bits per heavy atom. The van der Waals surface area contributed by atoms with Gasteiger partial charge in [-0.25, -0.2) is 15.0 Å². The minimum Gasteiger partial charge on any atom is -0.451 e. The highest BCUT2D eigenvalue weighted by atomic mass is 16.3. The fraction of sp³-hybridized carbons (Fsp3) is 0.182. The number of aryl methyl sites for hydroxylation is 2. The van der Waals surface area contributed by atoms with Crippen molar-refractivity contribution >= 4 is 34.3 Å². The summed E-state index contributed by atoms with van der Waals surface area (Å²) in [5.41, 5.74) is 1.80. The van der Waals surface area contributed by atoms with Crippen LogP contribution < -0.4 is 16.0 Å². The van der Waals surface area contributed by atoms with Crippen molar-refractivity contribution in [2.75, 3.05) is 23.7 Å². The maximum Gasteiger partial charge on any atom is 0.287 e. The monoisotopic (exact) mass is 402 g/mol. The van der Waals surface area contributed by atoms with Gasteiger partial charge in [0.1, 0.15) is 28.9 Å². The van der Waals surface area contributed by atoms with Gasteiger partial charge in [-0.15, -0.1) is 0 Å². The van der Waals surface area contributed by atoms with Gasteiger partial charge in [-0.3, -0.25) is 4.79 Å². The summed E-state index contributed by atoms with van der Waals surface area (Å²) in [6.07, 6.45) is 1.75. The summed E-state index contributed by atoms with van der Waals surface area (Å²) in [4.78, 5) is 25.3. The van der Waals surface area contributed by atoms with Crippen molar-refractivity contribution < 1.29 is 9.21 Å². The van der Waals surface area contributed by atoms with Crippen molar-refractivity contribution in [1.82, 2.24) is 20.3 Å². The number of aromatic nitrogens is 3. The topological polar surface area (TPSA) is 105 Å². The number of nitrogens with zero attached hydrogens (tertiary/aromatic N) is 3. The Morgan fingerprint density at radius 1 is 0.967 bits per heavy atom. The Hall–Kier alpha value is -3.94. The molecule has 0 fully saturated rings. The molecule has 0 aliphatic rings. The van der Waals surface area contributed by atoms with Gasteiger partial charge >= 0.3 is 0 Å². The summed E-state index contributed by atoms with van der Waals surface area (Å²) >= 11 is 0. The Balaban J connectivity index is 1.32. The number of furan rings is 1. The van der Waals surface area contributed by atoms with Gasteiger partial charge in [-0.05, 0) is 43.7 Å². The number of para-hydroxylation sites is 1. The number of anilines is 3. The zero-order valence-corrected chi connectivity index (χ0v) is 16.8. The number of pyridine rings is 1. The first-order valence-corrected chi connectivity index (χ1v) is 9.63. The van der Waals surface area contributed by atoms with Gasteiger partial charge in [-0.1, -0.05) is 18.2 Å². The van der Waals surface area contributed by atoms with Crippen LogP contribution in [-0.2, 0) is 0 Å². The van der Waals surface area contributed by atoms with Crippen molar-refractivity contribution in [2.24, 2.45) is 0 Å². The highest BCUT2D eigenvalue weighted by Crippen LogP contribution is 2.19. The first-order valence-electron chi connectivity index (χ1n) is 9.63. The van der Waals surface area contributed by atoms with Crippen LogP contribution in [0.15, 0.2) is 59.1 Å². The average Bonchev–Trinajstić information content (AvgIpc) is 3.15. The molecule has 3 N–H and O–H groups in total. The van der Waals surface area contributed by atoms with Crippen LogP contribution in [0.4, 0.5) is 17.5 Å². The predicted molar refractivity (Wildman–Crippen MR) is 116 cm³/mol. The summed E-state index contributed by atoms with van der Waals surface area (Å²) in [7, 11) is 0. The zero-order valence-electron chi connectivity index (χ0n) is 16.8. The van der Waals surface area contributed by atoms with E-state index in [-0.39, 0.29) is 5.91 Å². The van der Waals surface area contributed by atoms with Crippen LogP contribution in [0.5, 0.6) is 0 Å². The van der Waals surface area contributed by atoms with E-state index in [0.29, 0.717) is 41.9 Å². The van der Waals surface area contributed by atoms with E-state index in [1.54, 1.807) is 18.3 Å². The van der Waals surface area contributed by atoms with E-state index in [9.17, 15) is 4.79 Å². The number of rotatable bonds is 7. The van der Waals surface area contributed by atoms with Crippen LogP contribution in [0.25, 0.3) is 11.0 Å². The van der Waals surface area contributed by atoms with Crippen molar-refractivity contribution in [3.63, 3.8) is 0 Å². The number of amides is 1. The molecule has 0 radical (unpaired) electrons. The summed E-state index contributed by atoms with van der Waals surface area (Å²) in [5.74, 6) is 2.70. The molecule has 8 nitrogen and oxygen atoms in total. The molecule has 0 aliphatic heterocycles. The number of carbonyl (C=O) groups excluding carboxylic acids is 1. The van der Waals surface area contributed by atoms with Gasteiger partial charge in [0.2, 0.25) is 0 Å². The zero-order chi connectivity index (χ0) is 20.9. The summed E-state index contributed by atoms with van der Waals surface area (Å²) in [6.45, 7) is 4.75. The highest BCUT2D eigenvalue weighted by molar-refractivity contribution is 5.96. The first-order chi connectivity index (χ1) is 14.6. The minimum absolute atomic E-state index is 0.250. The van der Waals surface area contributed by atoms with Gasteiger partial charge in [0.05, 0.1) is 0 Å². The molecule has 4 rings (SSSR count). The molecule has 0 aliphatic carbocycles. The molecule has 0 atom stereocenters. The van der Waals surface area contributed by atoms with Gasteiger partial charge < -0.3 is 20.4 Å². The van der Waals surface area contributed by atoms with Crippen molar-refractivity contribution in [3.05, 3.63) is 71.9 Å². The number of fused-ring (bicyclic) bond motifs is 1. The lowest BCUT2D eigenvalue weighted by Gasteiger charge is -2.10. The molecule has 152 valence electrons. The second kappa shape index (κ2) is 8.60. The van der Waals surface area contributed by atoms with E-state index in [1.165, 1.54) is 0 Å². The van der Waals surface area contributed by atoms with Crippen molar-refractivity contribution in [3.8, 4) is 0 Å². The first kappa shape index (κ1) is 19.4. The van der Waals surface area contributed by atoms with E-state index in [1.807, 2.05) is 50.2 Å². The molecule has 4 aromatic rings. The van der Waals surface area contributed by atoms with Crippen LogP contribution in [0.2, 0.25) is 0 Å². The maximum absolute atomic E-state index is 12.3. The molecule has 1 aromatic carbocycles. The molecule has 1 amide bonds. The van der Waals surface area contributed by atoms with E-state index in [4.69, 9.17) is 4.42 Å². The molecule has 0 bridgehead atoms. The molecule has 30 heavy (non-hydrogen) atoms. The fourth-order valence-corrected chi connectivity index (χ4v) is 3.01. The van der Waals surface area contributed by atoms with Crippen LogP contribution >= 0.6 is 0 Å². The Morgan fingerprint density at radius 2 is 1.80 bits per heavy atom. The number of hydrogen-bond acceptors (Lipinski definition) is 7. The molecule has 3 heterocycles. The van der Waals surface area contributed by atoms with Crippen LogP contribution in [-0.4, -0.2) is 33.9 Å². The van der Waals surface area contributed by atoms with E-state index >= 15 is 0 Å². The van der Waals surface area contributed by atoms with E-state index in [2.05, 4.69) is 30.9 Å². The number of carbonyl (C=O) groups is 1. The molecule has 0 saturated heterocycles. The lowest BCUT2D eigenvalue weighted by molar-refractivity contribution is 0.0929. The van der Waals surface area contributed by atoms with Crippen molar-refractivity contribution in [2.45, 2.75) is 13.8 Å². The number of nitrogens with one attached hydrogen (secondary N) is 3. The van der Waals surface area contributed by atoms with E-state index in [0.717, 1.165) is 16.8 Å². The molecule has 0 saturated carbocycles. The Bertz CT molecular complexity index is 1150. The molecule has 0 unspecified atom stereocenters. The minimum atomic E-state index is -0.250. The molecule has 8 heteroatoms. The fourth-order valence-electron chi connectivity index (χ4n) is 3.01. The molecule has 0 spiro atoms. The SMILES string of the molecule is Cc1ccnc(Nc2cc(NCCNC(=O)c3cc4ccccc4o3)nc(C)n2)c1. The smallest absolute Gasteiger partial charge is 0.287 e. The Kier molecular flexibility index (Phi) is 5.56. The maximum atomic E-state index is 12.3. The van der Waals surface area contributed by atoms with Crippen LogP contribution in [0.1, 0.15) is 21.9 Å². The average molecular weight is 402 g/mol. The van der Waals surface area contributed by atoms with Crippen molar-refractivity contribution in [1.29, 1.82) is 0 Å². The third-order valence-electron chi connectivity index (χ3n) is 4.38. The number of benzene rings is 1. The molecular weight excluding hydrogens is 380 g/mol. The summed E-state index contributed by atoms with van der Waals surface area (Å²) in [5, 5.41) is 10.1. The largest absolute Gasteiger partial charge is 0.451 e. The van der Waals surface area contributed by atoms with Crippen LogP contribution in [0, 0.1) is 13.8 Å². The normalized spacial score (nSPS) is 10.7. The lowest BCUT2D eigenvalue weighted by Crippen LogP contribution is -2.28. The van der Waals surface area contributed by atoms with Crippen LogP contribution in [0.3, 0.4) is 0 Å². The second-order valence-corrected chi connectivity index (χ2v) is 6.86. The summed E-state index contributed by atoms with van der Waals surface area (Å²) in [6, 6.07) is 14.9. The van der Waals surface area contributed by atoms with Gasteiger partial charge in [0.25, 0.3) is 5.91 Å². The quantitative estimate of drug-likeness (QED) is 0.404. The van der Waals surface area contributed by atoms with Gasteiger partial charge in [0.15, 0.2) is 5.76 Å². The predicted octanol–water partition coefficient (Wildman–Crippen LogP) is 3.82. The number of hydrogen-bond donors (Lipinski definition) is 3.